The molecule has 1 aromatic carbocycles. The molecule has 1 heterocycles. The molecule has 94 valence electrons. The molecule has 0 aliphatic carbocycles. The molecule has 0 aliphatic heterocycles. The lowest BCUT2D eigenvalue weighted by Crippen LogP contribution is -2.09. The molecule has 2 nitrogen and oxygen atoms in total. The van der Waals surface area contributed by atoms with Crippen LogP contribution >= 0.6 is 0 Å². The highest BCUT2D eigenvalue weighted by Crippen LogP contribution is 2.22. The maximum absolute atomic E-state index is 12.8. The molecule has 2 rings (SSSR count). The van der Waals surface area contributed by atoms with Crippen LogP contribution in [0.15, 0.2) is 36.5 Å². The number of aromatic nitrogens is 1. The van der Waals surface area contributed by atoms with Gasteiger partial charge in [0, 0.05) is 5.69 Å². The summed E-state index contributed by atoms with van der Waals surface area (Å²) < 4.78 is 12.8. The van der Waals surface area contributed by atoms with Gasteiger partial charge in [-0.25, -0.2) is 4.39 Å². The van der Waals surface area contributed by atoms with Crippen LogP contribution < -0.4 is 5.32 Å². The third-order valence-electron chi connectivity index (χ3n) is 2.96. The van der Waals surface area contributed by atoms with E-state index in [1.165, 1.54) is 23.4 Å². The van der Waals surface area contributed by atoms with E-state index in [2.05, 4.69) is 42.3 Å². The van der Waals surface area contributed by atoms with Crippen LogP contribution in [0.5, 0.6) is 0 Å². The van der Waals surface area contributed by atoms with Crippen molar-refractivity contribution in [1.29, 1.82) is 0 Å². The molecule has 0 fully saturated rings. The van der Waals surface area contributed by atoms with Gasteiger partial charge >= 0.3 is 0 Å². The Bertz CT molecular complexity index is 535. The zero-order valence-corrected chi connectivity index (χ0v) is 10.9. The van der Waals surface area contributed by atoms with Gasteiger partial charge in [0.05, 0.1) is 17.9 Å². The molecule has 0 aliphatic rings. The molecule has 0 saturated carbocycles. The quantitative estimate of drug-likeness (QED) is 0.882. The van der Waals surface area contributed by atoms with Gasteiger partial charge in [-0.15, -0.1) is 0 Å². The predicted octanol–water partition coefficient (Wildman–Crippen LogP) is 4.01. The minimum absolute atomic E-state index is 0.0473. The molecule has 1 atom stereocenters. The van der Waals surface area contributed by atoms with E-state index < -0.39 is 0 Å². The van der Waals surface area contributed by atoms with Crippen molar-refractivity contribution in [2.75, 3.05) is 5.32 Å². The summed E-state index contributed by atoms with van der Waals surface area (Å²) in [4.78, 5) is 4.09. The first kappa shape index (κ1) is 12.6. The van der Waals surface area contributed by atoms with E-state index in [4.69, 9.17) is 0 Å². The average Bonchev–Trinajstić information content (AvgIpc) is 2.34. The van der Waals surface area contributed by atoms with Crippen molar-refractivity contribution >= 4 is 5.69 Å². The van der Waals surface area contributed by atoms with Gasteiger partial charge in [-0.3, -0.25) is 4.98 Å². The van der Waals surface area contributed by atoms with Crippen LogP contribution in [-0.4, -0.2) is 4.98 Å². The van der Waals surface area contributed by atoms with Crippen molar-refractivity contribution in [3.8, 4) is 0 Å². The molecule has 2 aromatic rings. The van der Waals surface area contributed by atoms with Crippen molar-refractivity contribution in [2.45, 2.75) is 26.8 Å². The smallest absolute Gasteiger partial charge is 0.141 e. The van der Waals surface area contributed by atoms with Crippen molar-refractivity contribution in [1.82, 2.24) is 4.98 Å². The van der Waals surface area contributed by atoms with Crippen LogP contribution in [0.4, 0.5) is 10.1 Å². The molecule has 1 aromatic heterocycles. The van der Waals surface area contributed by atoms with Crippen LogP contribution in [0.25, 0.3) is 0 Å². The second kappa shape index (κ2) is 5.17. The van der Waals surface area contributed by atoms with Crippen LogP contribution in [-0.2, 0) is 0 Å². The number of benzene rings is 1. The van der Waals surface area contributed by atoms with Crippen molar-refractivity contribution < 1.29 is 4.39 Å². The highest BCUT2D eigenvalue weighted by molar-refractivity contribution is 5.53. The van der Waals surface area contributed by atoms with Crippen molar-refractivity contribution in [2.24, 2.45) is 0 Å². The summed E-state index contributed by atoms with van der Waals surface area (Å²) >= 11 is 0. The number of aryl methyl sites for hydroxylation is 2. The van der Waals surface area contributed by atoms with Gasteiger partial charge < -0.3 is 5.32 Å². The standard InChI is InChI=1S/C15H17FN2/c1-10-4-5-11(2)15(8-10)18-12(3)14-7-6-13(16)9-17-14/h4-9,12,18H,1-3H3. The summed E-state index contributed by atoms with van der Waals surface area (Å²) in [5, 5.41) is 3.40. The largest absolute Gasteiger partial charge is 0.377 e. The molecule has 18 heavy (non-hydrogen) atoms. The summed E-state index contributed by atoms with van der Waals surface area (Å²) in [5.74, 6) is -0.308. The predicted molar refractivity (Wildman–Crippen MR) is 72.1 cm³/mol. The maximum atomic E-state index is 12.8. The van der Waals surface area contributed by atoms with Gasteiger partial charge in [0.25, 0.3) is 0 Å². The summed E-state index contributed by atoms with van der Waals surface area (Å²) in [5.41, 5.74) is 4.32. The zero-order valence-electron chi connectivity index (χ0n) is 10.9. The number of nitrogens with one attached hydrogen (secondary N) is 1. The Morgan fingerprint density at radius 3 is 2.61 bits per heavy atom. The lowest BCUT2D eigenvalue weighted by atomic mass is 10.1. The van der Waals surface area contributed by atoms with E-state index in [9.17, 15) is 4.39 Å². The minimum atomic E-state index is -0.308. The number of hydrogen-bond acceptors (Lipinski definition) is 2. The first-order valence-corrected chi connectivity index (χ1v) is 6.01. The molecule has 1 N–H and O–H groups in total. The number of halogens is 1. The number of pyridine rings is 1. The van der Waals surface area contributed by atoms with E-state index in [1.54, 1.807) is 6.07 Å². The average molecular weight is 244 g/mol. The third kappa shape index (κ3) is 2.86. The van der Waals surface area contributed by atoms with Crippen LogP contribution in [0.2, 0.25) is 0 Å². The third-order valence-corrected chi connectivity index (χ3v) is 2.96. The Morgan fingerprint density at radius 1 is 1.17 bits per heavy atom. The molecule has 3 heteroatoms. The van der Waals surface area contributed by atoms with E-state index in [1.807, 2.05) is 6.92 Å². The minimum Gasteiger partial charge on any atom is -0.377 e. The van der Waals surface area contributed by atoms with E-state index in [-0.39, 0.29) is 11.9 Å². The Kier molecular flexibility index (Phi) is 3.60. The summed E-state index contributed by atoms with van der Waals surface area (Å²) in [6.45, 7) is 6.14. The number of nitrogens with zero attached hydrogens (tertiary/aromatic N) is 1. The monoisotopic (exact) mass is 244 g/mol. The number of rotatable bonds is 3. The zero-order chi connectivity index (χ0) is 13.1. The molecule has 0 radical (unpaired) electrons. The molecule has 1 unspecified atom stereocenters. The highest BCUT2D eigenvalue weighted by Gasteiger charge is 2.08. The van der Waals surface area contributed by atoms with Crippen molar-refractivity contribution in [3.63, 3.8) is 0 Å². The SMILES string of the molecule is Cc1ccc(C)c(NC(C)c2ccc(F)cn2)c1. The molecule has 0 saturated heterocycles. The Balaban J connectivity index is 2.18. The second-order valence-corrected chi connectivity index (χ2v) is 4.59. The fraction of sp³-hybridized carbons (Fsp3) is 0.267. The van der Waals surface area contributed by atoms with E-state index in [0.717, 1.165) is 11.4 Å². The fourth-order valence-electron chi connectivity index (χ4n) is 1.84. The number of hydrogen-bond donors (Lipinski definition) is 1. The van der Waals surface area contributed by atoms with Gasteiger partial charge in [0.1, 0.15) is 5.82 Å². The fourth-order valence-corrected chi connectivity index (χ4v) is 1.84. The summed E-state index contributed by atoms with van der Waals surface area (Å²) in [6, 6.07) is 9.46. The van der Waals surface area contributed by atoms with E-state index in [0.29, 0.717) is 0 Å². The van der Waals surface area contributed by atoms with Gasteiger partial charge in [0.2, 0.25) is 0 Å². The van der Waals surface area contributed by atoms with Gasteiger partial charge in [-0.1, -0.05) is 12.1 Å². The van der Waals surface area contributed by atoms with Crippen LogP contribution in [0.1, 0.15) is 29.8 Å². The summed E-state index contributed by atoms with van der Waals surface area (Å²) in [6.07, 6.45) is 1.25. The maximum Gasteiger partial charge on any atom is 0.141 e. The lowest BCUT2D eigenvalue weighted by Gasteiger charge is -2.17. The number of anilines is 1. The lowest BCUT2D eigenvalue weighted by molar-refractivity contribution is 0.617. The second-order valence-electron chi connectivity index (χ2n) is 4.59. The van der Waals surface area contributed by atoms with Gasteiger partial charge in [-0.05, 0) is 50.1 Å². The molecule has 0 amide bonds. The van der Waals surface area contributed by atoms with Gasteiger partial charge in [0.15, 0.2) is 0 Å². The first-order valence-electron chi connectivity index (χ1n) is 6.01. The van der Waals surface area contributed by atoms with Gasteiger partial charge in [-0.2, -0.15) is 0 Å². The Hall–Kier alpha value is -1.90. The Morgan fingerprint density at radius 2 is 1.94 bits per heavy atom. The van der Waals surface area contributed by atoms with Crippen molar-refractivity contribution in [3.05, 3.63) is 59.2 Å². The van der Waals surface area contributed by atoms with Crippen LogP contribution in [0.3, 0.4) is 0 Å². The Labute approximate surface area is 107 Å². The first-order chi connectivity index (χ1) is 8.56. The highest BCUT2D eigenvalue weighted by atomic mass is 19.1. The molecule has 0 spiro atoms. The summed E-state index contributed by atoms with van der Waals surface area (Å²) in [7, 11) is 0. The van der Waals surface area contributed by atoms with Crippen LogP contribution in [0, 0.1) is 19.7 Å². The normalized spacial score (nSPS) is 12.2. The molecule has 0 bridgehead atoms. The topological polar surface area (TPSA) is 24.9 Å². The van der Waals surface area contributed by atoms with E-state index >= 15 is 0 Å². The molecular formula is C15H17FN2. The molecular weight excluding hydrogens is 227 g/mol.